The monoisotopic (exact) mass is 207 g/mol. The van der Waals surface area contributed by atoms with Crippen LogP contribution in [0.25, 0.3) is 0 Å². The minimum Gasteiger partial charge on any atom is -0.366 e. The molecule has 0 fully saturated rings. The van der Waals surface area contributed by atoms with Gasteiger partial charge in [-0.3, -0.25) is 4.79 Å². The predicted octanol–water partition coefficient (Wildman–Crippen LogP) is 0.224. The maximum atomic E-state index is 10.8. The molecule has 0 aliphatic rings. The van der Waals surface area contributed by atoms with Crippen molar-refractivity contribution in [1.29, 1.82) is 0 Å². The van der Waals surface area contributed by atoms with Gasteiger partial charge in [-0.1, -0.05) is 12.1 Å². The van der Waals surface area contributed by atoms with Crippen molar-refractivity contribution in [3.05, 3.63) is 35.4 Å². The van der Waals surface area contributed by atoms with Crippen molar-refractivity contribution < 1.29 is 4.79 Å². The normalized spacial score (nSPS) is 10.2. The first kappa shape index (κ1) is 11.7. The van der Waals surface area contributed by atoms with Gasteiger partial charge in [-0.2, -0.15) is 0 Å². The van der Waals surface area contributed by atoms with Crippen LogP contribution in [-0.4, -0.2) is 19.0 Å². The minimum atomic E-state index is -0.391. The molecule has 82 valence electrons. The van der Waals surface area contributed by atoms with Crippen molar-refractivity contribution in [1.82, 2.24) is 5.32 Å². The average molecular weight is 207 g/mol. The van der Waals surface area contributed by atoms with Gasteiger partial charge in [-0.05, 0) is 37.2 Å². The van der Waals surface area contributed by atoms with E-state index in [4.69, 9.17) is 11.5 Å². The van der Waals surface area contributed by atoms with Gasteiger partial charge in [0.05, 0.1) is 0 Å². The van der Waals surface area contributed by atoms with Crippen LogP contribution in [0.4, 0.5) is 0 Å². The molecule has 0 aliphatic heterocycles. The van der Waals surface area contributed by atoms with Gasteiger partial charge in [0.1, 0.15) is 0 Å². The summed E-state index contributed by atoms with van der Waals surface area (Å²) in [5.74, 6) is -0.391. The molecule has 0 aliphatic carbocycles. The summed E-state index contributed by atoms with van der Waals surface area (Å²) in [6.07, 6.45) is 0.972. The average Bonchev–Trinajstić information content (AvgIpc) is 2.25. The quantitative estimate of drug-likeness (QED) is 0.584. The Bertz CT molecular complexity index is 308. The van der Waals surface area contributed by atoms with Crippen LogP contribution in [-0.2, 0) is 6.54 Å². The maximum Gasteiger partial charge on any atom is 0.248 e. The number of amides is 1. The highest BCUT2D eigenvalue weighted by Gasteiger charge is 1.98. The van der Waals surface area contributed by atoms with Gasteiger partial charge >= 0.3 is 0 Å². The molecule has 1 rings (SSSR count). The van der Waals surface area contributed by atoms with Crippen molar-refractivity contribution in [3.63, 3.8) is 0 Å². The number of carbonyl (C=O) groups is 1. The molecule has 0 saturated carbocycles. The number of hydrogen-bond acceptors (Lipinski definition) is 3. The third-order valence-corrected chi connectivity index (χ3v) is 2.13. The molecule has 4 heteroatoms. The summed E-state index contributed by atoms with van der Waals surface area (Å²) in [5.41, 5.74) is 12.2. The number of nitrogens with two attached hydrogens (primary N) is 2. The number of rotatable bonds is 6. The topological polar surface area (TPSA) is 81.1 Å². The Labute approximate surface area is 89.6 Å². The lowest BCUT2D eigenvalue weighted by Gasteiger charge is -2.04. The molecule has 0 radical (unpaired) electrons. The second kappa shape index (κ2) is 6.16. The molecule has 0 atom stereocenters. The zero-order valence-corrected chi connectivity index (χ0v) is 8.70. The van der Waals surface area contributed by atoms with E-state index in [-0.39, 0.29) is 0 Å². The maximum absolute atomic E-state index is 10.8. The van der Waals surface area contributed by atoms with Gasteiger partial charge in [0, 0.05) is 12.1 Å². The van der Waals surface area contributed by atoms with E-state index in [0.717, 1.165) is 25.1 Å². The lowest BCUT2D eigenvalue weighted by atomic mass is 10.1. The highest BCUT2D eigenvalue weighted by molar-refractivity contribution is 5.92. The summed E-state index contributed by atoms with van der Waals surface area (Å²) in [5, 5.41) is 3.26. The van der Waals surface area contributed by atoms with Crippen LogP contribution < -0.4 is 16.8 Å². The molecule has 0 heterocycles. The lowest BCUT2D eigenvalue weighted by Crippen LogP contribution is -2.18. The van der Waals surface area contributed by atoms with Crippen molar-refractivity contribution in [2.75, 3.05) is 13.1 Å². The van der Waals surface area contributed by atoms with Gasteiger partial charge in [0.25, 0.3) is 0 Å². The number of benzene rings is 1. The zero-order valence-electron chi connectivity index (χ0n) is 8.70. The molecule has 15 heavy (non-hydrogen) atoms. The predicted molar refractivity (Wildman–Crippen MR) is 60.3 cm³/mol. The first-order chi connectivity index (χ1) is 7.24. The fraction of sp³-hybridized carbons (Fsp3) is 0.364. The molecule has 1 amide bonds. The van der Waals surface area contributed by atoms with Crippen molar-refractivity contribution in [2.45, 2.75) is 13.0 Å². The van der Waals surface area contributed by atoms with Crippen LogP contribution in [0.3, 0.4) is 0 Å². The van der Waals surface area contributed by atoms with Crippen LogP contribution in [0, 0.1) is 0 Å². The number of nitrogens with one attached hydrogen (secondary N) is 1. The fourth-order valence-electron chi connectivity index (χ4n) is 1.25. The van der Waals surface area contributed by atoms with E-state index in [1.807, 2.05) is 12.1 Å². The summed E-state index contributed by atoms with van der Waals surface area (Å²) in [6.45, 7) is 2.40. The lowest BCUT2D eigenvalue weighted by molar-refractivity contribution is 0.100. The first-order valence-corrected chi connectivity index (χ1v) is 5.03. The molecule has 0 unspecified atom stereocenters. The molecule has 4 nitrogen and oxygen atoms in total. The van der Waals surface area contributed by atoms with Crippen LogP contribution in [0.15, 0.2) is 24.3 Å². The Morgan fingerprint density at radius 3 is 2.47 bits per heavy atom. The van der Waals surface area contributed by atoms with Crippen LogP contribution in [0.5, 0.6) is 0 Å². The first-order valence-electron chi connectivity index (χ1n) is 5.03. The van der Waals surface area contributed by atoms with Crippen molar-refractivity contribution in [3.8, 4) is 0 Å². The van der Waals surface area contributed by atoms with E-state index in [9.17, 15) is 4.79 Å². The summed E-state index contributed by atoms with van der Waals surface area (Å²) < 4.78 is 0. The molecule has 0 bridgehead atoms. The molecular formula is C11H17N3O. The standard InChI is InChI=1S/C11H17N3O/c12-6-1-7-14-8-9-2-4-10(5-3-9)11(13)15/h2-5,14H,1,6-8,12H2,(H2,13,15). The Balaban J connectivity index is 2.39. The van der Waals surface area contributed by atoms with Gasteiger partial charge in [0.2, 0.25) is 5.91 Å². The largest absolute Gasteiger partial charge is 0.366 e. The molecular weight excluding hydrogens is 190 g/mol. The molecule has 1 aromatic carbocycles. The summed E-state index contributed by atoms with van der Waals surface area (Å²) >= 11 is 0. The highest BCUT2D eigenvalue weighted by Crippen LogP contribution is 2.03. The third kappa shape index (κ3) is 4.10. The van der Waals surface area contributed by atoms with Gasteiger partial charge < -0.3 is 16.8 Å². The van der Waals surface area contributed by atoms with Crippen LogP contribution in [0.1, 0.15) is 22.3 Å². The molecule has 0 saturated heterocycles. The van der Waals surface area contributed by atoms with E-state index >= 15 is 0 Å². The molecule has 5 N–H and O–H groups in total. The Morgan fingerprint density at radius 1 is 1.27 bits per heavy atom. The molecule has 0 spiro atoms. The van der Waals surface area contributed by atoms with Gasteiger partial charge in [-0.25, -0.2) is 0 Å². The van der Waals surface area contributed by atoms with Gasteiger partial charge in [-0.15, -0.1) is 0 Å². The second-order valence-corrected chi connectivity index (χ2v) is 3.38. The Morgan fingerprint density at radius 2 is 1.93 bits per heavy atom. The Kier molecular flexibility index (Phi) is 4.80. The van der Waals surface area contributed by atoms with Crippen LogP contribution in [0.2, 0.25) is 0 Å². The fourth-order valence-corrected chi connectivity index (χ4v) is 1.25. The van der Waals surface area contributed by atoms with Crippen molar-refractivity contribution >= 4 is 5.91 Å². The van der Waals surface area contributed by atoms with E-state index in [1.54, 1.807) is 12.1 Å². The summed E-state index contributed by atoms with van der Waals surface area (Å²) in [4.78, 5) is 10.8. The smallest absolute Gasteiger partial charge is 0.248 e. The zero-order chi connectivity index (χ0) is 11.1. The number of hydrogen-bond donors (Lipinski definition) is 3. The molecule has 1 aromatic rings. The third-order valence-electron chi connectivity index (χ3n) is 2.13. The van der Waals surface area contributed by atoms with Gasteiger partial charge in [0.15, 0.2) is 0 Å². The highest BCUT2D eigenvalue weighted by atomic mass is 16.1. The summed E-state index contributed by atoms with van der Waals surface area (Å²) in [6, 6.07) is 7.27. The van der Waals surface area contributed by atoms with E-state index < -0.39 is 5.91 Å². The summed E-state index contributed by atoms with van der Waals surface area (Å²) in [7, 11) is 0. The SMILES string of the molecule is NCCCNCc1ccc(C(N)=O)cc1. The minimum absolute atomic E-state index is 0.391. The second-order valence-electron chi connectivity index (χ2n) is 3.38. The van der Waals surface area contributed by atoms with E-state index in [2.05, 4.69) is 5.32 Å². The van der Waals surface area contributed by atoms with E-state index in [0.29, 0.717) is 12.1 Å². The molecule has 0 aromatic heterocycles. The van der Waals surface area contributed by atoms with Crippen molar-refractivity contribution in [2.24, 2.45) is 11.5 Å². The number of primary amides is 1. The Hall–Kier alpha value is -1.39. The number of carbonyl (C=O) groups excluding carboxylic acids is 1. The van der Waals surface area contributed by atoms with Crippen LogP contribution >= 0.6 is 0 Å². The van der Waals surface area contributed by atoms with E-state index in [1.165, 1.54) is 0 Å².